The molecule has 0 aliphatic carbocycles. The van der Waals surface area contributed by atoms with Crippen LogP contribution in [0.1, 0.15) is 5.56 Å². The van der Waals surface area contributed by atoms with E-state index in [1.54, 1.807) is 0 Å². The van der Waals surface area contributed by atoms with Crippen LogP contribution in [-0.2, 0) is 10.0 Å². The maximum atomic E-state index is 13.1. The molecular weight excluding hydrogens is 271 g/mol. The van der Waals surface area contributed by atoms with Crippen molar-refractivity contribution in [2.75, 3.05) is 4.72 Å². The molecule has 0 amide bonds. The molecule has 0 aliphatic heterocycles. The van der Waals surface area contributed by atoms with E-state index in [4.69, 9.17) is 0 Å². The zero-order chi connectivity index (χ0) is 14.0. The van der Waals surface area contributed by atoms with Crippen LogP contribution in [0.15, 0.2) is 46.2 Å². The van der Waals surface area contributed by atoms with E-state index in [-0.39, 0.29) is 21.7 Å². The lowest BCUT2D eigenvalue weighted by Crippen LogP contribution is -2.14. The minimum absolute atomic E-state index is 0.0439. The van der Waals surface area contributed by atoms with E-state index in [1.165, 1.54) is 37.4 Å². The summed E-state index contributed by atoms with van der Waals surface area (Å²) in [4.78, 5) is 13.2. The van der Waals surface area contributed by atoms with E-state index >= 15 is 0 Å². The maximum Gasteiger partial charge on any atom is 0.261 e. The SMILES string of the molecule is Cc1cc(S(=O)(=O)Nc2ccc(=O)[nH]c2)ccc1F. The van der Waals surface area contributed by atoms with E-state index in [0.717, 1.165) is 6.07 Å². The van der Waals surface area contributed by atoms with Crippen LogP contribution in [-0.4, -0.2) is 13.4 Å². The Morgan fingerprint density at radius 3 is 2.53 bits per heavy atom. The summed E-state index contributed by atoms with van der Waals surface area (Å²) in [5.41, 5.74) is 0.131. The summed E-state index contributed by atoms with van der Waals surface area (Å²) in [6.45, 7) is 1.48. The Morgan fingerprint density at radius 1 is 1.21 bits per heavy atom. The van der Waals surface area contributed by atoms with Crippen molar-refractivity contribution in [3.05, 3.63) is 58.3 Å². The van der Waals surface area contributed by atoms with Gasteiger partial charge < -0.3 is 4.98 Å². The first-order valence-electron chi connectivity index (χ1n) is 5.36. The molecule has 0 aliphatic rings. The summed E-state index contributed by atoms with van der Waals surface area (Å²) < 4.78 is 39.4. The highest BCUT2D eigenvalue weighted by molar-refractivity contribution is 7.92. The average molecular weight is 282 g/mol. The Morgan fingerprint density at radius 2 is 1.95 bits per heavy atom. The molecular formula is C12H11FN2O3S. The molecule has 1 aromatic carbocycles. The summed E-state index contributed by atoms with van der Waals surface area (Å²) in [6, 6.07) is 6.05. The highest BCUT2D eigenvalue weighted by Crippen LogP contribution is 2.17. The molecule has 2 N–H and O–H groups in total. The number of hydrogen-bond donors (Lipinski definition) is 2. The fourth-order valence-corrected chi connectivity index (χ4v) is 2.61. The van der Waals surface area contributed by atoms with Gasteiger partial charge in [-0.25, -0.2) is 12.8 Å². The van der Waals surface area contributed by atoms with Crippen molar-refractivity contribution < 1.29 is 12.8 Å². The molecule has 7 heteroatoms. The monoisotopic (exact) mass is 282 g/mol. The smallest absolute Gasteiger partial charge is 0.261 e. The summed E-state index contributed by atoms with van der Waals surface area (Å²) in [7, 11) is -3.80. The number of rotatable bonds is 3. The molecule has 0 unspecified atom stereocenters. The minimum Gasteiger partial charge on any atom is -0.327 e. The standard InChI is InChI=1S/C12H11FN2O3S/c1-8-6-10(3-4-11(8)13)19(17,18)15-9-2-5-12(16)14-7-9/h2-7,15H,1H3,(H,14,16). The third-order valence-corrected chi connectivity index (χ3v) is 3.86. The van der Waals surface area contributed by atoms with Gasteiger partial charge in [0, 0.05) is 12.3 Å². The lowest BCUT2D eigenvalue weighted by Gasteiger charge is -2.08. The molecule has 0 atom stereocenters. The first-order valence-corrected chi connectivity index (χ1v) is 6.84. The topological polar surface area (TPSA) is 79.0 Å². The predicted octanol–water partition coefficient (Wildman–Crippen LogP) is 1.62. The van der Waals surface area contributed by atoms with E-state index in [2.05, 4.69) is 9.71 Å². The zero-order valence-corrected chi connectivity index (χ0v) is 10.8. The highest BCUT2D eigenvalue weighted by Gasteiger charge is 2.15. The predicted molar refractivity (Wildman–Crippen MR) is 69.0 cm³/mol. The first-order chi connectivity index (χ1) is 8.88. The molecule has 0 saturated heterocycles. The fourth-order valence-electron chi connectivity index (χ4n) is 1.47. The summed E-state index contributed by atoms with van der Waals surface area (Å²) in [5, 5.41) is 0. The number of aromatic nitrogens is 1. The van der Waals surface area contributed by atoms with Gasteiger partial charge in [0.05, 0.1) is 10.6 Å². The fraction of sp³-hybridized carbons (Fsp3) is 0.0833. The first kappa shape index (κ1) is 13.3. The number of nitrogens with one attached hydrogen (secondary N) is 2. The molecule has 19 heavy (non-hydrogen) atoms. The molecule has 0 radical (unpaired) electrons. The summed E-state index contributed by atoms with van der Waals surface area (Å²) >= 11 is 0. The number of H-pyrrole nitrogens is 1. The molecule has 100 valence electrons. The van der Waals surface area contributed by atoms with Crippen LogP contribution in [0.3, 0.4) is 0 Å². The number of sulfonamides is 1. The number of pyridine rings is 1. The van der Waals surface area contributed by atoms with Crippen molar-refractivity contribution in [3.8, 4) is 0 Å². The maximum absolute atomic E-state index is 13.1. The Kier molecular flexibility index (Phi) is 3.39. The van der Waals surface area contributed by atoms with Gasteiger partial charge in [0.15, 0.2) is 0 Å². The average Bonchev–Trinajstić information content (AvgIpc) is 2.35. The molecule has 0 saturated carbocycles. The number of aryl methyl sites for hydroxylation is 1. The van der Waals surface area contributed by atoms with Gasteiger partial charge in [-0.15, -0.1) is 0 Å². The molecule has 0 fully saturated rings. The van der Waals surface area contributed by atoms with Crippen LogP contribution in [0, 0.1) is 12.7 Å². The van der Waals surface area contributed by atoms with Crippen molar-refractivity contribution in [1.82, 2.24) is 4.98 Å². The second-order valence-corrected chi connectivity index (χ2v) is 5.64. The normalized spacial score (nSPS) is 11.3. The molecule has 0 bridgehead atoms. The zero-order valence-electron chi connectivity index (χ0n) is 9.98. The second kappa shape index (κ2) is 4.85. The van der Waals surface area contributed by atoms with Gasteiger partial charge in [-0.05, 0) is 36.8 Å². The molecule has 2 aromatic rings. The van der Waals surface area contributed by atoms with Crippen molar-refractivity contribution in [2.24, 2.45) is 0 Å². The van der Waals surface area contributed by atoms with Crippen LogP contribution in [0.4, 0.5) is 10.1 Å². The van der Waals surface area contributed by atoms with Crippen molar-refractivity contribution in [1.29, 1.82) is 0 Å². The van der Waals surface area contributed by atoms with Gasteiger partial charge in [0.25, 0.3) is 10.0 Å². The molecule has 1 aromatic heterocycles. The Hall–Kier alpha value is -2.15. The van der Waals surface area contributed by atoms with E-state index in [1.807, 2.05) is 0 Å². The van der Waals surface area contributed by atoms with Gasteiger partial charge in [-0.3, -0.25) is 9.52 Å². The van der Waals surface area contributed by atoms with Crippen LogP contribution >= 0.6 is 0 Å². The lowest BCUT2D eigenvalue weighted by molar-refractivity contribution is 0.598. The van der Waals surface area contributed by atoms with Gasteiger partial charge >= 0.3 is 0 Å². The Bertz CT molecular complexity index is 748. The minimum atomic E-state index is -3.80. The largest absolute Gasteiger partial charge is 0.327 e. The quantitative estimate of drug-likeness (QED) is 0.898. The van der Waals surface area contributed by atoms with Gasteiger partial charge in [0.1, 0.15) is 5.82 Å². The number of anilines is 1. The Balaban J connectivity index is 2.34. The van der Waals surface area contributed by atoms with Crippen LogP contribution in [0.25, 0.3) is 0 Å². The Labute approximate surface area is 109 Å². The van der Waals surface area contributed by atoms with Crippen molar-refractivity contribution in [3.63, 3.8) is 0 Å². The van der Waals surface area contributed by atoms with Crippen molar-refractivity contribution >= 4 is 15.7 Å². The van der Waals surface area contributed by atoms with Crippen molar-refractivity contribution in [2.45, 2.75) is 11.8 Å². The van der Waals surface area contributed by atoms with Crippen LogP contribution in [0.5, 0.6) is 0 Å². The number of halogens is 1. The van der Waals surface area contributed by atoms with E-state index < -0.39 is 15.8 Å². The van der Waals surface area contributed by atoms with E-state index in [0.29, 0.717) is 0 Å². The summed E-state index contributed by atoms with van der Waals surface area (Å²) in [6.07, 6.45) is 1.25. The van der Waals surface area contributed by atoms with Gasteiger partial charge in [-0.2, -0.15) is 0 Å². The molecule has 0 spiro atoms. The number of aromatic amines is 1. The second-order valence-electron chi connectivity index (χ2n) is 3.96. The summed E-state index contributed by atoms with van der Waals surface area (Å²) in [5.74, 6) is -0.469. The number of hydrogen-bond acceptors (Lipinski definition) is 3. The lowest BCUT2D eigenvalue weighted by atomic mass is 10.2. The van der Waals surface area contributed by atoms with Crippen LogP contribution < -0.4 is 10.3 Å². The molecule has 1 heterocycles. The van der Waals surface area contributed by atoms with Gasteiger partial charge in [0.2, 0.25) is 5.56 Å². The number of benzene rings is 1. The van der Waals surface area contributed by atoms with Crippen LogP contribution in [0.2, 0.25) is 0 Å². The highest BCUT2D eigenvalue weighted by atomic mass is 32.2. The molecule has 2 rings (SSSR count). The molecule has 5 nitrogen and oxygen atoms in total. The van der Waals surface area contributed by atoms with E-state index in [9.17, 15) is 17.6 Å². The third-order valence-electron chi connectivity index (χ3n) is 2.48. The van der Waals surface area contributed by atoms with Gasteiger partial charge in [-0.1, -0.05) is 0 Å². The third kappa shape index (κ3) is 3.00.